The van der Waals surface area contributed by atoms with Crippen molar-refractivity contribution in [2.75, 3.05) is 5.32 Å². The molecule has 0 saturated carbocycles. The first-order valence-corrected chi connectivity index (χ1v) is 5.55. The van der Waals surface area contributed by atoms with Crippen LogP contribution in [0.25, 0.3) is 0 Å². The molecule has 2 aromatic rings. The molecular formula is C11H10F3N5O. The zero-order valence-corrected chi connectivity index (χ0v) is 10.3. The molecule has 2 heterocycles. The Morgan fingerprint density at radius 3 is 2.75 bits per heavy atom. The van der Waals surface area contributed by atoms with E-state index in [-0.39, 0.29) is 23.9 Å². The van der Waals surface area contributed by atoms with Crippen molar-refractivity contribution in [2.24, 2.45) is 0 Å². The fourth-order valence-corrected chi connectivity index (χ4v) is 1.49. The fourth-order valence-electron chi connectivity index (χ4n) is 1.49. The lowest BCUT2D eigenvalue weighted by molar-refractivity contribution is -0.141. The summed E-state index contributed by atoms with van der Waals surface area (Å²) in [7, 11) is 0. The molecule has 0 radical (unpaired) electrons. The summed E-state index contributed by atoms with van der Waals surface area (Å²) in [5.41, 5.74) is -0.865. The van der Waals surface area contributed by atoms with E-state index in [1.165, 1.54) is 6.07 Å². The monoisotopic (exact) mass is 285 g/mol. The van der Waals surface area contributed by atoms with Crippen molar-refractivity contribution in [3.05, 3.63) is 45.9 Å². The highest BCUT2D eigenvalue weighted by Crippen LogP contribution is 2.27. The highest BCUT2D eigenvalue weighted by molar-refractivity contribution is 5.26. The third-order valence-electron chi connectivity index (χ3n) is 2.28. The van der Waals surface area contributed by atoms with E-state index in [0.717, 1.165) is 12.3 Å². The van der Waals surface area contributed by atoms with Crippen LogP contribution in [0.3, 0.4) is 0 Å². The second-order valence-corrected chi connectivity index (χ2v) is 3.95. The molecule has 0 aliphatic heterocycles. The van der Waals surface area contributed by atoms with E-state index in [0.29, 0.717) is 5.69 Å². The number of hydrogen-bond acceptors (Lipinski definition) is 5. The van der Waals surface area contributed by atoms with Gasteiger partial charge in [0.05, 0.1) is 6.54 Å². The van der Waals surface area contributed by atoms with Gasteiger partial charge in [0.25, 0.3) is 5.56 Å². The van der Waals surface area contributed by atoms with E-state index in [1.807, 2.05) is 0 Å². The predicted octanol–water partition coefficient (Wildman–Crippen LogP) is 1.50. The number of alkyl halides is 3. The number of aryl methyl sites for hydroxylation is 1. The minimum absolute atomic E-state index is 0.0121. The number of nitrogens with one attached hydrogen (secondary N) is 2. The highest BCUT2D eigenvalue weighted by Gasteiger charge is 2.32. The Hall–Kier alpha value is -2.45. The zero-order valence-electron chi connectivity index (χ0n) is 10.3. The lowest BCUT2D eigenvalue weighted by Crippen LogP contribution is -2.16. The number of rotatable bonds is 3. The van der Waals surface area contributed by atoms with E-state index >= 15 is 0 Å². The van der Waals surface area contributed by atoms with Crippen molar-refractivity contribution in [2.45, 2.75) is 19.6 Å². The number of halogens is 3. The molecule has 2 N–H and O–H groups in total. The smallest absolute Gasteiger partial charge is 0.347 e. The van der Waals surface area contributed by atoms with Gasteiger partial charge in [-0.15, -0.1) is 0 Å². The number of aromatic nitrogens is 4. The number of hydrogen-bond donors (Lipinski definition) is 2. The molecule has 0 spiro atoms. The van der Waals surface area contributed by atoms with Crippen LogP contribution in [0.15, 0.2) is 23.1 Å². The quantitative estimate of drug-likeness (QED) is 0.892. The summed E-state index contributed by atoms with van der Waals surface area (Å²) >= 11 is 0. The third kappa shape index (κ3) is 3.53. The van der Waals surface area contributed by atoms with Gasteiger partial charge in [-0.3, -0.25) is 4.79 Å². The van der Waals surface area contributed by atoms with E-state index in [2.05, 4.69) is 25.3 Å². The predicted molar refractivity (Wildman–Crippen MR) is 64.0 cm³/mol. The Kier molecular flexibility index (Phi) is 3.68. The summed E-state index contributed by atoms with van der Waals surface area (Å²) in [4.78, 5) is 24.7. The average Bonchev–Trinajstić information content (AvgIpc) is 2.35. The Morgan fingerprint density at radius 1 is 1.35 bits per heavy atom. The van der Waals surface area contributed by atoms with Gasteiger partial charge in [0.2, 0.25) is 5.95 Å². The Balaban J connectivity index is 2.13. The van der Waals surface area contributed by atoms with Crippen LogP contribution in [0.4, 0.5) is 19.1 Å². The highest BCUT2D eigenvalue weighted by atomic mass is 19.4. The van der Waals surface area contributed by atoms with E-state index in [9.17, 15) is 18.0 Å². The van der Waals surface area contributed by atoms with Crippen LogP contribution >= 0.6 is 0 Å². The molecule has 0 unspecified atom stereocenters. The molecule has 0 atom stereocenters. The first kappa shape index (κ1) is 14.0. The molecule has 2 aromatic heterocycles. The minimum atomic E-state index is -4.53. The number of anilines is 1. The van der Waals surface area contributed by atoms with Crippen molar-refractivity contribution < 1.29 is 13.2 Å². The van der Waals surface area contributed by atoms with Gasteiger partial charge in [0, 0.05) is 18.0 Å². The van der Waals surface area contributed by atoms with Gasteiger partial charge in [-0.1, -0.05) is 0 Å². The normalized spacial score (nSPS) is 11.4. The first-order chi connectivity index (χ1) is 9.34. The molecule has 0 aromatic carbocycles. The summed E-state index contributed by atoms with van der Waals surface area (Å²) in [5.74, 6) is 0.0972. The lowest BCUT2D eigenvalue weighted by atomic mass is 10.4. The van der Waals surface area contributed by atoms with Gasteiger partial charge in [-0.05, 0) is 13.0 Å². The van der Waals surface area contributed by atoms with E-state index in [1.54, 1.807) is 6.92 Å². The Morgan fingerprint density at radius 2 is 2.10 bits per heavy atom. The molecule has 0 bridgehead atoms. The molecule has 0 aliphatic rings. The molecule has 106 valence electrons. The topological polar surface area (TPSA) is 83.6 Å². The van der Waals surface area contributed by atoms with Crippen LogP contribution in [-0.4, -0.2) is 19.9 Å². The van der Waals surface area contributed by atoms with Crippen LogP contribution < -0.4 is 10.9 Å². The summed E-state index contributed by atoms with van der Waals surface area (Å²) in [6, 6.07) is 2.09. The van der Waals surface area contributed by atoms with Crippen molar-refractivity contribution in [1.82, 2.24) is 19.9 Å². The summed E-state index contributed by atoms with van der Waals surface area (Å²) in [6.45, 7) is 1.65. The average molecular weight is 285 g/mol. The van der Waals surface area contributed by atoms with Crippen LogP contribution in [0.5, 0.6) is 0 Å². The molecule has 0 fully saturated rings. The van der Waals surface area contributed by atoms with Crippen LogP contribution in [0.1, 0.15) is 17.2 Å². The van der Waals surface area contributed by atoms with Crippen LogP contribution in [0.2, 0.25) is 0 Å². The maximum absolute atomic E-state index is 12.5. The summed E-state index contributed by atoms with van der Waals surface area (Å²) < 4.78 is 37.4. The molecule has 6 nitrogen and oxygen atoms in total. The maximum atomic E-state index is 12.5. The molecule has 0 saturated heterocycles. The van der Waals surface area contributed by atoms with Gasteiger partial charge in [0.15, 0.2) is 0 Å². The van der Waals surface area contributed by atoms with Crippen molar-refractivity contribution in [3.63, 3.8) is 0 Å². The largest absolute Gasteiger partial charge is 0.433 e. The van der Waals surface area contributed by atoms with E-state index < -0.39 is 11.9 Å². The van der Waals surface area contributed by atoms with Gasteiger partial charge >= 0.3 is 6.18 Å². The summed E-state index contributed by atoms with van der Waals surface area (Å²) in [5, 5.41) is 2.57. The SMILES string of the molecule is Cc1cc(=O)[nH]c(CNc2nccc(C(F)(F)F)n2)n1. The standard InChI is InChI=1S/C11H10F3N5O/c1-6-4-9(20)19-8(17-6)5-16-10-15-3-2-7(18-10)11(12,13)14/h2-4H,5H2,1H3,(H,15,16,18)(H,17,19,20). The number of H-pyrrole nitrogens is 1. The van der Waals surface area contributed by atoms with Gasteiger partial charge < -0.3 is 10.3 Å². The van der Waals surface area contributed by atoms with Gasteiger partial charge in [-0.2, -0.15) is 13.2 Å². The maximum Gasteiger partial charge on any atom is 0.433 e. The van der Waals surface area contributed by atoms with Gasteiger partial charge in [-0.25, -0.2) is 15.0 Å². The lowest BCUT2D eigenvalue weighted by Gasteiger charge is -2.08. The molecule has 9 heteroatoms. The second kappa shape index (κ2) is 5.27. The van der Waals surface area contributed by atoms with Gasteiger partial charge in [0.1, 0.15) is 11.5 Å². The molecule has 0 amide bonds. The molecular weight excluding hydrogens is 275 g/mol. The second-order valence-electron chi connectivity index (χ2n) is 3.95. The van der Waals surface area contributed by atoms with Crippen LogP contribution in [0, 0.1) is 6.92 Å². The minimum Gasteiger partial charge on any atom is -0.347 e. The molecule has 0 aliphatic carbocycles. The molecule has 20 heavy (non-hydrogen) atoms. The van der Waals surface area contributed by atoms with Crippen molar-refractivity contribution >= 4 is 5.95 Å². The Bertz CT molecular complexity index is 668. The zero-order chi connectivity index (χ0) is 14.8. The fraction of sp³-hybridized carbons (Fsp3) is 0.273. The van der Waals surface area contributed by atoms with E-state index in [4.69, 9.17) is 0 Å². The Labute approximate surface area is 111 Å². The number of nitrogens with zero attached hydrogens (tertiary/aromatic N) is 3. The van der Waals surface area contributed by atoms with Crippen molar-refractivity contribution in [3.8, 4) is 0 Å². The third-order valence-corrected chi connectivity index (χ3v) is 2.28. The van der Waals surface area contributed by atoms with Crippen LogP contribution in [-0.2, 0) is 12.7 Å². The molecule has 2 rings (SSSR count). The summed E-state index contributed by atoms with van der Waals surface area (Å²) in [6.07, 6.45) is -3.53. The number of aromatic amines is 1. The first-order valence-electron chi connectivity index (χ1n) is 5.55. The van der Waals surface area contributed by atoms with Crippen molar-refractivity contribution in [1.29, 1.82) is 0 Å².